The van der Waals surface area contributed by atoms with Crippen LogP contribution in [-0.4, -0.2) is 38.2 Å². The second-order valence-electron chi connectivity index (χ2n) is 7.54. The molecule has 4 rings (SSSR count). The number of carbonyl (C=O) groups excluding carboxylic acids is 1. The Kier molecular flexibility index (Phi) is 5.66. The molecule has 33 heavy (non-hydrogen) atoms. The van der Waals surface area contributed by atoms with Gasteiger partial charge in [0.1, 0.15) is 6.54 Å². The number of aromatic hydroxyl groups is 1. The fourth-order valence-electron chi connectivity index (χ4n) is 3.98. The van der Waals surface area contributed by atoms with Crippen molar-refractivity contribution >= 4 is 22.8 Å². The number of nitrogens with one attached hydrogen (secondary N) is 1. The fraction of sp³-hybridized carbons (Fsp3) is 0.120. The molecule has 0 fully saturated rings. The third-order valence-corrected chi connectivity index (χ3v) is 5.40. The van der Waals surface area contributed by atoms with Crippen LogP contribution in [0, 0.1) is 13.8 Å². The molecule has 0 aliphatic rings. The maximum atomic E-state index is 13.8. The van der Waals surface area contributed by atoms with Crippen LogP contribution in [-0.2, 0) is 4.79 Å². The average Bonchev–Trinajstić information content (AvgIpc) is 2.81. The van der Waals surface area contributed by atoms with Crippen molar-refractivity contribution in [3.8, 4) is 22.6 Å². The molecule has 4 aromatic rings. The zero-order valence-corrected chi connectivity index (χ0v) is 18.0. The number of carboxylic acid groups (broad SMARTS) is 1. The lowest BCUT2D eigenvalue weighted by Crippen LogP contribution is -2.30. The molecule has 3 N–H and O–H groups in total. The van der Waals surface area contributed by atoms with Crippen molar-refractivity contribution in [3.63, 3.8) is 0 Å². The minimum absolute atomic E-state index is 0.287. The number of carboxylic acids is 1. The Labute approximate surface area is 188 Å². The Bertz CT molecular complexity index is 1440. The van der Waals surface area contributed by atoms with Crippen LogP contribution in [0.15, 0.2) is 65.5 Å². The standard InChI is InChI=1S/C25H21N3O5/c1-14-19(16-9-5-3-6-10-16)25(33)28(17-11-7-4-8-12-17)22-15(2)27-21(23(31)20(14)22)24(32)26-13-18(29)30/h3-12,31H,13H2,1-2H3,(H,26,32)(H,29,30). The van der Waals surface area contributed by atoms with E-state index in [0.717, 1.165) is 0 Å². The number of pyridine rings is 2. The Hall–Kier alpha value is -4.46. The van der Waals surface area contributed by atoms with Gasteiger partial charge in [0, 0.05) is 11.1 Å². The van der Waals surface area contributed by atoms with Gasteiger partial charge < -0.3 is 15.5 Å². The molecule has 2 heterocycles. The van der Waals surface area contributed by atoms with E-state index in [1.807, 2.05) is 24.3 Å². The Morgan fingerprint density at radius 1 is 1.00 bits per heavy atom. The molecule has 0 saturated carbocycles. The van der Waals surface area contributed by atoms with Gasteiger partial charge in [0.25, 0.3) is 11.5 Å². The molecule has 0 atom stereocenters. The summed E-state index contributed by atoms with van der Waals surface area (Å²) in [6.45, 7) is 2.73. The molecule has 166 valence electrons. The van der Waals surface area contributed by atoms with Gasteiger partial charge in [-0.1, -0.05) is 48.5 Å². The number of benzene rings is 2. The van der Waals surface area contributed by atoms with Gasteiger partial charge in [0.15, 0.2) is 11.4 Å². The Morgan fingerprint density at radius 3 is 2.21 bits per heavy atom. The van der Waals surface area contributed by atoms with Gasteiger partial charge in [0.05, 0.1) is 16.8 Å². The minimum Gasteiger partial charge on any atom is -0.505 e. The van der Waals surface area contributed by atoms with E-state index >= 15 is 0 Å². The van der Waals surface area contributed by atoms with E-state index in [2.05, 4.69) is 10.3 Å². The summed E-state index contributed by atoms with van der Waals surface area (Å²) in [5.74, 6) is -2.46. The number of carbonyl (C=O) groups is 2. The number of fused-ring (bicyclic) bond motifs is 1. The summed E-state index contributed by atoms with van der Waals surface area (Å²) in [4.78, 5) is 41.5. The summed E-state index contributed by atoms with van der Waals surface area (Å²) in [7, 11) is 0. The van der Waals surface area contributed by atoms with Gasteiger partial charge in [-0.3, -0.25) is 19.0 Å². The number of aliphatic carboxylic acids is 1. The van der Waals surface area contributed by atoms with E-state index in [-0.39, 0.29) is 11.3 Å². The van der Waals surface area contributed by atoms with Crippen molar-refractivity contribution in [3.05, 3.63) is 88.0 Å². The number of hydrogen-bond donors (Lipinski definition) is 3. The number of hydrogen-bond acceptors (Lipinski definition) is 5. The quantitative estimate of drug-likeness (QED) is 0.436. The molecule has 8 nitrogen and oxygen atoms in total. The third kappa shape index (κ3) is 3.82. The van der Waals surface area contributed by atoms with Gasteiger partial charge in [-0.25, -0.2) is 4.98 Å². The minimum atomic E-state index is -1.22. The van der Waals surface area contributed by atoms with Gasteiger partial charge in [-0.2, -0.15) is 0 Å². The molecule has 0 radical (unpaired) electrons. The summed E-state index contributed by atoms with van der Waals surface area (Å²) < 4.78 is 1.48. The largest absolute Gasteiger partial charge is 0.505 e. The predicted molar refractivity (Wildman–Crippen MR) is 124 cm³/mol. The number of nitrogens with zero attached hydrogens (tertiary/aromatic N) is 2. The highest BCUT2D eigenvalue weighted by Gasteiger charge is 2.25. The molecule has 0 bridgehead atoms. The van der Waals surface area contributed by atoms with Crippen molar-refractivity contribution in [2.45, 2.75) is 13.8 Å². The monoisotopic (exact) mass is 443 g/mol. The van der Waals surface area contributed by atoms with Crippen LogP contribution in [0.5, 0.6) is 5.75 Å². The van der Waals surface area contributed by atoms with Gasteiger partial charge in [0.2, 0.25) is 0 Å². The summed E-state index contributed by atoms with van der Waals surface area (Å²) in [6, 6.07) is 18.0. The molecule has 0 unspecified atom stereocenters. The number of aryl methyl sites for hydroxylation is 2. The van der Waals surface area contributed by atoms with Crippen molar-refractivity contribution in [2.75, 3.05) is 6.54 Å². The molecule has 0 aliphatic carbocycles. The second-order valence-corrected chi connectivity index (χ2v) is 7.54. The highest BCUT2D eigenvalue weighted by Crippen LogP contribution is 2.36. The van der Waals surface area contributed by atoms with Crippen molar-refractivity contribution in [1.82, 2.24) is 14.9 Å². The molecule has 0 aliphatic heterocycles. The van der Waals surface area contributed by atoms with E-state index in [1.54, 1.807) is 50.2 Å². The van der Waals surface area contributed by atoms with E-state index in [9.17, 15) is 19.5 Å². The smallest absolute Gasteiger partial charge is 0.322 e. The SMILES string of the molecule is Cc1c(-c2ccccc2)c(=O)n(-c2ccccc2)c2c(C)nc(C(=O)NCC(=O)O)c(O)c12. The number of para-hydroxylation sites is 1. The fourth-order valence-corrected chi connectivity index (χ4v) is 3.98. The third-order valence-electron chi connectivity index (χ3n) is 5.40. The van der Waals surface area contributed by atoms with E-state index in [4.69, 9.17) is 5.11 Å². The van der Waals surface area contributed by atoms with Crippen molar-refractivity contribution in [1.29, 1.82) is 0 Å². The first kappa shape index (κ1) is 21.8. The molecule has 8 heteroatoms. The van der Waals surface area contributed by atoms with Crippen LogP contribution in [0.2, 0.25) is 0 Å². The molecular formula is C25H21N3O5. The van der Waals surface area contributed by atoms with Gasteiger partial charge >= 0.3 is 5.97 Å². The van der Waals surface area contributed by atoms with Crippen LogP contribution in [0.4, 0.5) is 0 Å². The van der Waals surface area contributed by atoms with E-state index < -0.39 is 24.2 Å². The summed E-state index contributed by atoms with van der Waals surface area (Å²) in [5, 5.41) is 22.5. The second kappa shape index (κ2) is 8.58. The van der Waals surface area contributed by atoms with Crippen LogP contribution < -0.4 is 10.9 Å². The maximum absolute atomic E-state index is 13.8. The number of rotatable bonds is 5. The first-order chi connectivity index (χ1) is 15.8. The highest BCUT2D eigenvalue weighted by molar-refractivity contribution is 6.04. The lowest BCUT2D eigenvalue weighted by Gasteiger charge is -2.19. The normalized spacial score (nSPS) is 10.8. The van der Waals surface area contributed by atoms with Crippen LogP contribution >= 0.6 is 0 Å². The highest BCUT2D eigenvalue weighted by atomic mass is 16.4. The Balaban J connectivity index is 2.13. The summed E-state index contributed by atoms with van der Waals surface area (Å²) >= 11 is 0. The number of aromatic nitrogens is 2. The first-order valence-corrected chi connectivity index (χ1v) is 10.2. The van der Waals surface area contributed by atoms with Crippen LogP contribution in [0.1, 0.15) is 21.7 Å². The average molecular weight is 443 g/mol. The van der Waals surface area contributed by atoms with Crippen LogP contribution in [0.25, 0.3) is 27.7 Å². The lowest BCUT2D eigenvalue weighted by molar-refractivity contribution is -0.135. The molecular weight excluding hydrogens is 422 g/mol. The summed E-state index contributed by atoms with van der Waals surface area (Å²) in [5.41, 5.74) is 2.23. The van der Waals surface area contributed by atoms with E-state index in [1.165, 1.54) is 4.57 Å². The van der Waals surface area contributed by atoms with Crippen molar-refractivity contribution in [2.24, 2.45) is 0 Å². The summed E-state index contributed by atoms with van der Waals surface area (Å²) in [6.07, 6.45) is 0. The Morgan fingerprint density at radius 2 is 1.61 bits per heavy atom. The zero-order valence-electron chi connectivity index (χ0n) is 18.0. The zero-order chi connectivity index (χ0) is 23.7. The molecule has 2 aromatic carbocycles. The molecule has 0 saturated heterocycles. The van der Waals surface area contributed by atoms with Gasteiger partial charge in [-0.15, -0.1) is 0 Å². The van der Waals surface area contributed by atoms with Gasteiger partial charge in [-0.05, 0) is 37.1 Å². The predicted octanol–water partition coefficient (Wildman–Crippen LogP) is 3.19. The van der Waals surface area contributed by atoms with Crippen molar-refractivity contribution < 1.29 is 19.8 Å². The molecule has 1 amide bonds. The lowest BCUT2D eigenvalue weighted by atomic mass is 9.96. The van der Waals surface area contributed by atoms with E-state index in [0.29, 0.717) is 39.0 Å². The van der Waals surface area contributed by atoms with Crippen LogP contribution in [0.3, 0.4) is 0 Å². The molecule has 2 aromatic heterocycles. The first-order valence-electron chi connectivity index (χ1n) is 10.2. The number of amides is 1. The molecule has 0 spiro atoms. The maximum Gasteiger partial charge on any atom is 0.322 e. The topological polar surface area (TPSA) is 122 Å².